The highest BCUT2D eigenvalue weighted by Crippen LogP contribution is 2.25. The van der Waals surface area contributed by atoms with Crippen molar-refractivity contribution in [3.63, 3.8) is 0 Å². The fourth-order valence-electron chi connectivity index (χ4n) is 1.50. The second-order valence-corrected chi connectivity index (χ2v) is 3.40. The molecule has 0 aromatic heterocycles. The van der Waals surface area contributed by atoms with Crippen LogP contribution in [-0.2, 0) is 0 Å². The van der Waals surface area contributed by atoms with Gasteiger partial charge in [0, 0.05) is 11.1 Å². The molecular formula is C13H10F2. The fraction of sp³-hybridized carbons (Fsp3) is 0.0769. The van der Waals surface area contributed by atoms with Crippen molar-refractivity contribution in [2.24, 2.45) is 0 Å². The van der Waals surface area contributed by atoms with Crippen LogP contribution in [0.3, 0.4) is 0 Å². The quantitative estimate of drug-likeness (QED) is 0.660. The van der Waals surface area contributed by atoms with Gasteiger partial charge in [-0.15, -0.1) is 0 Å². The smallest absolute Gasteiger partial charge is 0.136 e. The van der Waals surface area contributed by atoms with Crippen LogP contribution in [0.15, 0.2) is 42.5 Å². The molecule has 2 rings (SSSR count). The molecule has 2 aromatic rings. The molecule has 0 N–H and O–H groups in total. The summed E-state index contributed by atoms with van der Waals surface area (Å²) in [5.41, 5.74) is 1.27. The summed E-state index contributed by atoms with van der Waals surface area (Å²) in [6.45, 7) is 1.44. The van der Waals surface area contributed by atoms with Gasteiger partial charge in [0.1, 0.15) is 11.6 Å². The van der Waals surface area contributed by atoms with Gasteiger partial charge in [0.25, 0.3) is 0 Å². The van der Waals surface area contributed by atoms with Gasteiger partial charge in [-0.1, -0.05) is 30.3 Å². The Labute approximate surface area is 87.2 Å². The van der Waals surface area contributed by atoms with Gasteiger partial charge in [0.15, 0.2) is 0 Å². The van der Waals surface area contributed by atoms with Gasteiger partial charge in [-0.25, -0.2) is 8.78 Å². The van der Waals surface area contributed by atoms with Crippen LogP contribution in [0.4, 0.5) is 8.78 Å². The third-order valence-electron chi connectivity index (χ3n) is 2.41. The highest BCUT2D eigenvalue weighted by atomic mass is 19.1. The van der Waals surface area contributed by atoms with Crippen molar-refractivity contribution < 1.29 is 8.78 Å². The zero-order chi connectivity index (χ0) is 10.8. The molecule has 0 heterocycles. The van der Waals surface area contributed by atoms with Crippen LogP contribution in [-0.4, -0.2) is 0 Å². The van der Waals surface area contributed by atoms with Crippen molar-refractivity contribution >= 4 is 0 Å². The van der Waals surface area contributed by atoms with Crippen molar-refractivity contribution in [2.45, 2.75) is 6.92 Å². The highest BCUT2D eigenvalue weighted by Gasteiger charge is 2.10. The van der Waals surface area contributed by atoms with E-state index in [1.54, 1.807) is 12.1 Å². The first-order chi connectivity index (χ1) is 7.20. The minimum atomic E-state index is -0.507. The lowest BCUT2D eigenvalue weighted by Gasteiger charge is -2.06. The molecule has 76 valence electrons. The van der Waals surface area contributed by atoms with Gasteiger partial charge >= 0.3 is 0 Å². The first kappa shape index (κ1) is 9.84. The van der Waals surface area contributed by atoms with Gasteiger partial charge < -0.3 is 0 Å². The number of halogens is 2. The van der Waals surface area contributed by atoms with E-state index < -0.39 is 11.6 Å². The third kappa shape index (κ3) is 1.75. The Hall–Kier alpha value is -1.70. The Balaban J connectivity index is 2.60. The standard InChI is InChI=1S/C13H10F2/c1-9-12(14)8-7-11(13(9)15)10-5-3-2-4-6-10/h2-8H,1H3. The minimum absolute atomic E-state index is 0.0661. The number of rotatable bonds is 1. The van der Waals surface area contributed by atoms with Crippen molar-refractivity contribution in [1.29, 1.82) is 0 Å². The summed E-state index contributed by atoms with van der Waals surface area (Å²) in [7, 11) is 0. The molecule has 0 atom stereocenters. The second-order valence-electron chi connectivity index (χ2n) is 3.40. The van der Waals surface area contributed by atoms with E-state index in [0.29, 0.717) is 5.56 Å². The second kappa shape index (κ2) is 3.81. The lowest BCUT2D eigenvalue weighted by Crippen LogP contribution is -1.92. The predicted octanol–water partition coefficient (Wildman–Crippen LogP) is 3.94. The zero-order valence-electron chi connectivity index (χ0n) is 8.30. The summed E-state index contributed by atoms with van der Waals surface area (Å²) in [4.78, 5) is 0. The number of hydrogen-bond donors (Lipinski definition) is 0. The number of hydrogen-bond acceptors (Lipinski definition) is 0. The van der Waals surface area contributed by atoms with E-state index in [4.69, 9.17) is 0 Å². The summed E-state index contributed by atoms with van der Waals surface area (Å²) in [6, 6.07) is 11.9. The molecule has 2 aromatic carbocycles. The molecule has 0 aliphatic carbocycles. The Bertz CT molecular complexity index is 475. The van der Waals surface area contributed by atoms with E-state index in [2.05, 4.69) is 0 Å². The van der Waals surface area contributed by atoms with Crippen molar-refractivity contribution in [2.75, 3.05) is 0 Å². The topological polar surface area (TPSA) is 0 Å². The Morgan fingerprint density at radius 1 is 0.867 bits per heavy atom. The molecule has 0 saturated heterocycles. The van der Waals surface area contributed by atoms with Gasteiger partial charge in [-0.2, -0.15) is 0 Å². The average molecular weight is 204 g/mol. The van der Waals surface area contributed by atoms with Crippen LogP contribution in [0.25, 0.3) is 11.1 Å². The molecule has 0 aliphatic rings. The normalized spacial score (nSPS) is 10.3. The molecule has 2 heteroatoms. The lowest BCUT2D eigenvalue weighted by molar-refractivity contribution is 0.570. The molecule has 15 heavy (non-hydrogen) atoms. The van der Waals surface area contributed by atoms with E-state index in [1.807, 2.05) is 18.2 Å². The summed E-state index contributed by atoms with van der Waals surface area (Å²) in [5, 5.41) is 0. The minimum Gasteiger partial charge on any atom is -0.207 e. The first-order valence-corrected chi connectivity index (χ1v) is 4.70. The van der Waals surface area contributed by atoms with Crippen molar-refractivity contribution in [3.8, 4) is 11.1 Å². The summed E-state index contributed by atoms with van der Waals surface area (Å²) in [5.74, 6) is -0.992. The first-order valence-electron chi connectivity index (χ1n) is 4.70. The third-order valence-corrected chi connectivity index (χ3v) is 2.41. The van der Waals surface area contributed by atoms with Crippen LogP contribution >= 0.6 is 0 Å². The van der Waals surface area contributed by atoms with Crippen LogP contribution < -0.4 is 0 Å². The molecule has 0 unspecified atom stereocenters. The van der Waals surface area contributed by atoms with Crippen molar-refractivity contribution in [1.82, 2.24) is 0 Å². The van der Waals surface area contributed by atoms with Gasteiger partial charge in [0.05, 0.1) is 0 Å². The predicted molar refractivity (Wildman–Crippen MR) is 56.5 cm³/mol. The molecule has 0 nitrogen and oxygen atoms in total. The van der Waals surface area contributed by atoms with E-state index >= 15 is 0 Å². The maximum absolute atomic E-state index is 13.7. The Morgan fingerprint density at radius 3 is 2.20 bits per heavy atom. The summed E-state index contributed by atoms with van der Waals surface area (Å²) in [6.07, 6.45) is 0. The molecule has 0 amide bonds. The van der Waals surface area contributed by atoms with Crippen LogP contribution in [0.1, 0.15) is 5.56 Å². The monoisotopic (exact) mass is 204 g/mol. The Kier molecular flexibility index (Phi) is 2.50. The molecule has 0 saturated carbocycles. The summed E-state index contributed by atoms with van der Waals surface area (Å²) >= 11 is 0. The van der Waals surface area contributed by atoms with Crippen molar-refractivity contribution in [3.05, 3.63) is 59.7 Å². The van der Waals surface area contributed by atoms with E-state index in [0.717, 1.165) is 5.56 Å². The maximum atomic E-state index is 13.7. The van der Waals surface area contributed by atoms with Gasteiger partial charge in [-0.3, -0.25) is 0 Å². The molecule has 0 radical (unpaired) electrons. The zero-order valence-corrected chi connectivity index (χ0v) is 8.30. The van der Waals surface area contributed by atoms with Crippen LogP contribution in [0, 0.1) is 18.6 Å². The Morgan fingerprint density at radius 2 is 1.53 bits per heavy atom. The van der Waals surface area contributed by atoms with Gasteiger partial charge in [-0.05, 0) is 24.6 Å². The van der Waals surface area contributed by atoms with Crippen LogP contribution in [0.2, 0.25) is 0 Å². The van der Waals surface area contributed by atoms with E-state index in [-0.39, 0.29) is 5.56 Å². The van der Waals surface area contributed by atoms with Gasteiger partial charge in [0.2, 0.25) is 0 Å². The lowest BCUT2D eigenvalue weighted by atomic mass is 10.0. The summed E-state index contributed by atoms with van der Waals surface area (Å²) < 4.78 is 26.7. The largest absolute Gasteiger partial charge is 0.207 e. The molecule has 0 spiro atoms. The fourth-order valence-corrected chi connectivity index (χ4v) is 1.50. The SMILES string of the molecule is Cc1c(F)ccc(-c2ccccc2)c1F. The molecule has 0 aliphatic heterocycles. The molecule has 0 fully saturated rings. The number of benzene rings is 2. The average Bonchev–Trinajstić information content (AvgIpc) is 2.27. The van der Waals surface area contributed by atoms with E-state index in [1.165, 1.54) is 19.1 Å². The maximum Gasteiger partial charge on any atom is 0.136 e. The molecule has 0 bridgehead atoms. The highest BCUT2D eigenvalue weighted by molar-refractivity contribution is 5.64. The van der Waals surface area contributed by atoms with E-state index in [9.17, 15) is 8.78 Å². The molecular weight excluding hydrogens is 194 g/mol. The van der Waals surface area contributed by atoms with Crippen LogP contribution in [0.5, 0.6) is 0 Å².